The Hall–Kier alpha value is -0.410. The first kappa shape index (κ1) is 9.79. The second kappa shape index (κ2) is 3.87. The Morgan fingerprint density at radius 3 is 2.53 bits per heavy atom. The number of rotatable bonds is 5. The molecule has 82 valence electrons. The molecule has 0 spiro atoms. The number of aromatic nitrogens is 1. The van der Waals surface area contributed by atoms with Crippen molar-refractivity contribution in [3.05, 3.63) is 16.1 Å². The fourth-order valence-electron chi connectivity index (χ4n) is 2.32. The standard InChI is InChI=1S/C12H18N2S/c1-8-6-13-11(15-8)7-14-12(9-2-3-9)10-4-5-10/h6,9-10,12,14H,2-5,7H2,1H3. The maximum atomic E-state index is 4.40. The van der Waals surface area contributed by atoms with E-state index in [-0.39, 0.29) is 0 Å². The minimum atomic E-state index is 0.800. The molecule has 1 N–H and O–H groups in total. The highest BCUT2D eigenvalue weighted by atomic mass is 32.1. The van der Waals surface area contributed by atoms with Crippen molar-refractivity contribution in [2.24, 2.45) is 11.8 Å². The quantitative estimate of drug-likeness (QED) is 0.828. The van der Waals surface area contributed by atoms with Crippen LogP contribution in [0.25, 0.3) is 0 Å². The summed E-state index contributed by atoms with van der Waals surface area (Å²) in [6, 6.07) is 0.800. The normalized spacial score (nSPS) is 21.2. The molecule has 0 aromatic carbocycles. The number of thiazole rings is 1. The van der Waals surface area contributed by atoms with Crippen LogP contribution in [-0.2, 0) is 6.54 Å². The van der Waals surface area contributed by atoms with Gasteiger partial charge in [0.2, 0.25) is 0 Å². The van der Waals surface area contributed by atoms with Gasteiger partial charge in [0.15, 0.2) is 0 Å². The fourth-order valence-corrected chi connectivity index (χ4v) is 3.06. The predicted molar refractivity (Wildman–Crippen MR) is 62.9 cm³/mol. The molecule has 2 fully saturated rings. The first-order valence-corrected chi connectivity index (χ1v) is 6.79. The highest BCUT2D eigenvalue weighted by Gasteiger charge is 2.40. The topological polar surface area (TPSA) is 24.9 Å². The van der Waals surface area contributed by atoms with Crippen molar-refractivity contribution in [3.63, 3.8) is 0 Å². The molecule has 2 nitrogen and oxygen atoms in total. The van der Waals surface area contributed by atoms with Gasteiger partial charge in [0.25, 0.3) is 0 Å². The maximum absolute atomic E-state index is 4.40. The van der Waals surface area contributed by atoms with E-state index in [1.54, 1.807) is 0 Å². The van der Waals surface area contributed by atoms with E-state index in [0.717, 1.165) is 24.4 Å². The van der Waals surface area contributed by atoms with Crippen molar-refractivity contribution in [2.75, 3.05) is 0 Å². The summed E-state index contributed by atoms with van der Waals surface area (Å²) in [6.07, 6.45) is 7.77. The lowest BCUT2D eigenvalue weighted by molar-refractivity contribution is 0.415. The van der Waals surface area contributed by atoms with E-state index < -0.39 is 0 Å². The van der Waals surface area contributed by atoms with Crippen LogP contribution in [0, 0.1) is 18.8 Å². The Bertz CT molecular complexity index is 327. The van der Waals surface area contributed by atoms with E-state index in [4.69, 9.17) is 0 Å². The van der Waals surface area contributed by atoms with Crippen molar-refractivity contribution in [3.8, 4) is 0 Å². The molecule has 2 aliphatic carbocycles. The van der Waals surface area contributed by atoms with Crippen LogP contribution in [0.2, 0.25) is 0 Å². The van der Waals surface area contributed by atoms with E-state index in [9.17, 15) is 0 Å². The lowest BCUT2D eigenvalue weighted by atomic mass is 10.1. The zero-order valence-corrected chi connectivity index (χ0v) is 10.0. The molecule has 0 aliphatic heterocycles. The predicted octanol–water partition coefficient (Wildman–Crippen LogP) is 2.73. The molecule has 3 rings (SSSR count). The summed E-state index contributed by atoms with van der Waals surface area (Å²) in [6.45, 7) is 3.11. The summed E-state index contributed by atoms with van der Waals surface area (Å²) < 4.78 is 0. The molecule has 0 saturated heterocycles. The van der Waals surface area contributed by atoms with E-state index in [0.29, 0.717) is 0 Å². The molecule has 0 radical (unpaired) electrons. The van der Waals surface area contributed by atoms with Crippen molar-refractivity contribution < 1.29 is 0 Å². The average molecular weight is 222 g/mol. The minimum Gasteiger partial charge on any atom is -0.307 e. The lowest BCUT2D eigenvalue weighted by Crippen LogP contribution is -2.32. The Morgan fingerprint density at radius 2 is 2.07 bits per heavy atom. The lowest BCUT2D eigenvalue weighted by Gasteiger charge is -2.16. The first-order valence-electron chi connectivity index (χ1n) is 5.97. The zero-order chi connectivity index (χ0) is 10.3. The summed E-state index contributed by atoms with van der Waals surface area (Å²) in [4.78, 5) is 5.72. The van der Waals surface area contributed by atoms with Crippen molar-refractivity contribution in [2.45, 2.75) is 45.2 Å². The van der Waals surface area contributed by atoms with Gasteiger partial charge in [0, 0.05) is 23.7 Å². The summed E-state index contributed by atoms with van der Waals surface area (Å²) in [5, 5.41) is 4.97. The van der Waals surface area contributed by atoms with Crippen LogP contribution in [0.15, 0.2) is 6.20 Å². The van der Waals surface area contributed by atoms with E-state index in [1.165, 1.54) is 35.6 Å². The molecular formula is C12H18N2S. The van der Waals surface area contributed by atoms with Gasteiger partial charge in [-0.3, -0.25) is 0 Å². The van der Waals surface area contributed by atoms with Crippen LogP contribution < -0.4 is 5.32 Å². The number of nitrogens with one attached hydrogen (secondary N) is 1. The number of nitrogens with zero attached hydrogens (tertiary/aromatic N) is 1. The molecule has 1 aromatic rings. The number of aryl methyl sites for hydroxylation is 1. The Labute approximate surface area is 95.1 Å². The molecule has 1 heterocycles. The van der Waals surface area contributed by atoms with Crippen LogP contribution in [-0.4, -0.2) is 11.0 Å². The van der Waals surface area contributed by atoms with Crippen molar-refractivity contribution >= 4 is 11.3 Å². The van der Waals surface area contributed by atoms with Gasteiger partial charge in [-0.15, -0.1) is 11.3 Å². The molecule has 15 heavy (non-hydrogen) atoms. The highest BCUT2D eigenvalue weighted by molar-refractivity contribution is 7.11. The van der Waals surface area contributed by atoms with Crippen LogP contribution in [0.5, 0.6) is 0 Å². The second-order valence-corrected chi connectivity index (χ2v) is 6.27. The summed E-state index contributed by atoms with van der Waals surface area (Å²) in [5.74, 6) is 1.97. The second-order valence-electron chi connectivity index (χ2n) is 4.95. The maximum Gasteiger partial charge on any atom is 0.107 e. The monoisotopic (exact) mass is 222 g/mol. The molecule has 0 amide bonds. The number of hydrogen-bond donors (Lipinski definition) is 1. The van der Waals surface area contributed by atoms with E-state index in [2.05, 4.69) is 17.2 Å². The summed E-state index contributed by atoms with van der Waals surface area (Å²) >= 11 is 1.82. The van der Waals surface area contributed by atoms with E-state index >= 15 is 0 Å². The molecule has 0 unspecified atom stereocenters. The Morgan fingerprint density at radius 1 is 1.40 bits per heavy atom. The summed E-state index contributed by atoms with van der Waals surface area (Å²) in [5.41, 5.74) is 0. The third-order valence-corrected chi connectivity index (χ3v) is 4.33. The molecule has 0 atom stereocenters. The van der Waals surface area contributed by atoms with E-state index in [1.807, 2.05) is 17.5 Å². The first-order chi connectivity index (χ1) is 7.33. The SMILES string of the molecule is Cc1cnc(CNC(C2CC2)C2CC2)s1. The van der Waals surface area contributed by atoms with Crippen molar-refractivity contribution in [1.82, 2.24) is 10.3 Å². The molecule has 0 bridgehead atoms. The van der Waals surface area contributed by atoms with Gasteiger partial charge in [-0.2, -0.15) is 0 Å². The third-order valence-electron chi connectivity index (χ3n) is 3.42. The molecular weight excluding hydrogens is 204 g/mol. The van der Waals surface area contributed by atoms with Gasteiger partial charge in [0.05, 0.1) is 0 Å². The van der Waals surface area contributed by atoms with Gasteiger partial charge >= 0.3 is 0 Å². The van der Waals surface area contributed by atoms with Gasteiger partial charge in [0.1, 0.15) is 5.01 Å². The third kappa shape index (κ3) is 2.40. The van der Waals surface area contributed by atoms with Gasteiger partial charge in [-0.05, 0) is 44.4 Å². The minimum absolute atomic E-state index is 0.800. The van der Waals surface area contributed by atoms with Crippen LogP contribution >= 0.6 is 11.3 Å². The zero-order valence-electron chi connectivity index (χ0n) is 9.20. The largest absolute Gasteiger partial charge is 0.307 e. The van der Waals surface area contributed by atoms with Crippen LogP contribution in [0.4, 0.5) is 0 Å². The van der Waals surface area contributed by atoms with Crippen LogP contribution in [0.3, 0.4) is 0 Å². The summed E-state index contributed by atoms with van der Waals surface area (Å²) in [7, 11) is 0. The Kier molecular flexibility index (Phi) is 2.53. The highest BCUT2D eigenvalue weighted by Crippen LogP contribution is 2.44. The molecule has 3 heteroatoms. The number of hydrogen-bond acceptors (Lipinski definition) is 3. The van der Waals surface area contributed by atoms with Gasteiger partial charge in [-0.25, -0.2) is 4.98 Å². The van der Waals surface area contributed by atoms with Crippen molar-refractivity contribution in [1.29, 1.82) is 0 Å². The molecule has 1 aromatic heterocycles. The molecule has 2 saturated carbocycles. The average Bonchev–Trinajstić information content (AvgIpc) is 3.09. The fraction of sp³-hybridized carbons (Fsp3) is 0.750. The Balaban J connectivity index is 1.55. The van der Waals surface area contributed by atoms with Gasteiger partial charge < -0.3 is 5.32 Å². The molecule has 2 aliphatic rings. The smallest absolute Gasteiger partial charge is 0.107 e. The van der Waals surface area contributed by atoms with Gasteiger partial charge in [-0.1, -0.05) is 0 Å². The van der Waals surface area contributed by atoms with Crippen LogP contribution in [0.1, 0.15) is 35.6 Å².